The van der Waals surface area contributed by atoms with Gasteiger partial charge < -0.3 is 0 Å². The lowest BCUT2D eigenvalue weighted by Gasteiger charge is -2.36. The van der Waals surface area contributed by atoms with Gasteiger partial charge in [-0.25, -0.2) is 5.01 Å². The molecule has 24 heavy (non-hydrogen) atoms. The van der Waals surface area contributed by atoms with Crippen molar-refractivity contribution < 1.29 is 0 Å². The van der Waals surface area contributed by atoms with Crippen LogP contribution in [0, 0.1) is 0 Å². The fraction of sp³-hybridized carbons (Fsp3) is 0.0588. The van der Waals surface area contributed by atoms with Crippen LogP contribution >= 0.6 is 0 Å². The van der Waals surface area contributed by atoms with E-state index in [1.807, 2.05) is 46.4 Å². The first-order valence-corrected chi connectivity index (χ1v) is 7.51. The van der Waals surface area contributed by atoms with Crippen LogP contribution in [0.3, 0.4) is 0 Å². The second kappa shape index (κ2) is 6.33. The number of amidine groups is 1. The van der Waals surface area contributed by atoms with E-state index in [4.69, 9.17) is 5.10 Å². The van der Waals surface area contributed by atoms with E-state index in [0.29, 0.717) is 12.5 Å². The van der Waals surface area contributed by atoms with Gasteiger partial charge in [-0.2, -0.15) is 5.10 Å². The van der Waals surface area contributed by atoms with Gasteiger partial charge in [-0.3, -0.25) is 25.4 Å². The molecule has 0 amide bonds. The van der Waals surface area contributed by atoms with Crippen LogP contribution in [0.15, 0.2) is 78.7 Å². The Hall–Kier alpha value is -3.48. The molecule has 1 aliphatic rings. The highest BCUT2D eigenvalue weighted by atomic mass is 15.7. The van der Waals surface area contributed by atoms with Crippen LogP contribution in [0.4, 0.5) is 11.4 Å². The second-order valence-corrected chi connectivity index (χ2v) is 5.19. The van der Waals surface area contributed by atoms with Crippen molar-refractivity contribution in [3.05, 3.63) is 79.1 Å². The fourth-order valence-corrected chi connectivity index (χ4v) is 2.40. The molecule has 0 aromatic carbocycles. The molecular formula is C17H15N7. The maximum Gasteiger partial charge on any atom is 0.174 e. The molecule has 0 saturated carbocycles. The Labute approximate surface area is 139 Å². The number of pyridine rings is 3. The highest BCUT2D eigenvalue weighted by Crippen LogP contribution is 2.20. The van der Waals surface area contributed by atoms with E-state index < -0.39 is 0 Å². The van der Waals surface area contributed by atoms with Crippen molar-refractivity contribution in [3.63, 3.8) is 0 Å². The minimum absolute atomic E-state index is 0.529. The molecule has 4 heterocycles. The van der Waals surface area contributed by atoms with Gasteiger partial charge in [0.05, 0.1) is 23.8 Å². The summed E-state index contributed by atoms with van der Waals surface area (Å²) >= 11 is 0. The Balaban J connectivity index is 1.73. The lowest BCUT2D eigenvalue weighted by Crippen LogP contribution is -2.53. The van der Waals surface area contributed by atoms with Gasteiger partial charge in [0.1, 0.15) is 6.67 Å². The summed E-state index contributed by atoms with van der Waals surface area (Å²) in [7, 11) is 0. The van der Waals surface area contributed by atoms with Crippen molar-refractivity contribution >= 4 is 17.2 Å². The van der Waals surface area contributed by atoms with Gasteiger partial charge in [-0.15, -0.1) is 0 Å². The molecule has 1 N–H and O–H groups in total. The standard InChI is InChI=1S/C17H15N7/c1-4-14(10-18-7-1)17-21-23(15-5-2-8-19-11-15)13-24(22-17)16-6-3-9-20-12-16/h1-12H,13H2,(H,21,22). The predicted molar refractivity (Wildman–Crippen MR) is 92.2 cm³/mol. The number of rotatable bonds is 3. The highest BCUT2D eigenvalue weighted by Gasteiger charge is 2.21. The Morgan fingerprint density at radius 2 is 1.46 bits per heavy atom. The smallest absolute Gasteiger partial charge is 0.174 e. The van der Waals surface area contributed by atoms with Gasteiger partial charge in [0.2, 0.25) is 0 Å². The van der Waals surface area contributed by atoms with Crippen LogP contribution in [0.1, 0.15) is 5.56 Å². The molecule has 0 atom stereocenters. The average molecular weight is 317 g/mol. The minimum atomic E-state index is 0.529. The molecule has 0 fully saturated rings. The molecule has 0 radical (unpaired) electrons. The predicted octanol–water partition coefficient (Wildman–Crippen LogP) is 2.02. The summed E-state index contributed by atoms with van der Waals surface area (Å²) in [4.78, 5) is 12.5. The monoisotopic (exact) mass is 317 g/mol. The van der Waals surface area contributed by atoms with Crippen molar-refractivity contribution in [1.29, 1.82) is 0 Å². The lowest BCUT2D eigenvalue weighted by atomic mass is 10.2. The first-order valence-electron chi connectivity index (χ1n) is 7.51. The molecule has 3 aromatic rings. The summed E-state index contributed by atoms with van der Waals surface area (Å²) in [5.41, 5.74) is 6.09. The van der Waals surface area contributed by atoms with Crippen LogP contribution in [0.5, 0.6) is 0 Å². The van der Waals surface area contributed by atoms with Gasteiger partial charge in [0.15, 0.2) is 5.84 Å². The largest absolute Gasteiger partial charge is 0.278 e. The van der Waals surface area contributed by atoms with Crippen molar-refractivity contribution in [2.45, 2.75) is 0 Å². The quantitative estimate of drug-likeness (QED) is 0.797. The fourth-order valence-electron chi connectivity index (χ4n) is 2.40. The Bertz CT molecular complexity index is 821. The SMILES string of the molecule is c1cncc(C2=NN(c3cccnc3)CN(c3cccnc3)N2)c1. The van der Waals surface area contributed by atoms with Gasteiger partial charge in [0, 0.05) is 30.4 Å². The van der Waals surface area contributed by atoms with E-state index in [0.717, 1.165) is 16.9 Å². The number of hydrazone groups is 1. The molecule has 118 valence electrons. The molecule has 7 nitrogen and oxygen atoms in total. The maximum atomic E-state index is 4.69. The Morgan fingerprint density at radius 3 is 2.08 bits per heavy atom. The van der Waals surface area contributed by atoms with Gasteiger partial charge >= 0.3 is 0 Å². The van der Waals surface area contributed by atoms with E-state index >= 15 is 0 Å². The van der Waals surface area contributed by atoms with E-state index in [-0.39, 0.29) is 0 Å². The van der Waals surface area contributed by atoms with Gasteiger partial charge in [-0.1, -0.05) is 0 Å². The Morgan fingerprint density at radius 1 is 0.792 bits per heavy atom. The summed E-state index contributed by atoms with van der Waals surface area (Å²) < 4.78 is 0. The van der Waals surface area contributed by atoms with Gasteiger partial charge in [0.25, 0.3) is 0 Å². The van der Waals surface area contributed by atoms with Crippen molar-refractivity contribution in [2.75, 3.05) is 16.7 Å². The number of hydrazine groups is 1. The molecule has 0 spiro atoms. The zero-order chi connectivity index (χ0) is 16.2. The third kappa shape index (κ3) is 2.87. The van der Waals surface area contributed by atoms with Gasteiger partial charge in [-0.05, 0) is 36.4 Å². The summed E-state index contributed by atoms with van der Waals surface area (Å²) in [6.45, 7) is 0.529. The normalized spacial score (nSPS) is 14.1. The molecular weight excluding hydrogens is 302 g/mol. The number of nitrogens with zero attached hydrogens (tertiary/aromatic N) is 6. The average Bonchev–Trinajstić information content (AvgIpc) is 2.70. The maximum absolute atomic E-state index is 4.69. The van der Waals surface area contributed by atoms with E-state index in [1.54, 1.807) is 37.2 Å². The topological polar surface area (TPSA) is 69.5 Å². The molecule has 3 aromatic heterocycles. The third-order valence-corrected chi connectivity index (χ3v) is 3.57. The summed E-state index contributed by atoms with van der Waals surface area (Å²) in [6, 6.07) is 11.6. The number of anilines is 2. The summed E-state index contributed by atoms with van der Waals surface area (Å²) in [5, 5.41) is 8.56. The van der Waals surface area contributed by atoms with Crippen LogP contribution in [0.2, 0.25) is 0 Å². The molecule has 0 saturated heterocycles. The molecule has 0 unspecified atom stereocenters. The van der Waals surface area contributed by atoms with Crippen molar-refractivity contribution in [2.24, 2.45) is 5.10 Å². The summed E-state index contributed by atoms with van der Waals surface area (Å²) in [6.07, 6.45) is 10.6. The molecule has 1 aliphatic heterocycles. The van der Waals surface area contributed by atoms with E-state index in [1.165, 1.54) is 0 Å². The zero-order valence-corrected chi connectivity index (χ0v) is 12.8. The number of hydrogen-bond acceptors (Lipinski definition) is 7. The molecule has 0 bridgehead atoms. The summed E-state index contributed by atoms with van der Waals surface area (Å²) in [5.74, 6) is 0.710. The van der Waals surface area contributed by atoms with Crippen LogP contribution < -0.4 is 15.4 Å². The minimum Gasteiger partial charge on any atom is -0.278 e. The number of hydrogen-bond donors (Lipinski definition) is 1. The highest BCUT2D eigenvalue weighted by molar-refractivity contribution is 6.00. The first-order chi connectivity index (χ1) is 11.9. The van der Waals surface area contributed by atoms with Crippen molar-refractivity contribution in [1.82, 2.24) is 20.4 Å². The number of nitrogens with one attached hydrogen (secondary N) is 1. The van der Waals surface area contributed by atoms with E-state index in [9.17, 15) is 0 Å². The third-order valence-electron chi connectivity index (χ3n) is 3.57. The Kier molecular flexibility index (Phi) is 3.73. The number of aromatic nitrogens is 3. The molecule has 0 aliphatic carbocycles. The second-order valence-electron chi connectivity index (χ2n) is 5.19. The van der Waals surface area contributed by atoms with Crippen LogP contribution in [-0.4, -0.2) is 27.5 Å². The lowest BCUT2D eigenvalue weighted by molar-refractivity contribution is 0.676. The molecule has 7 heteroatoms. The van der Waals surface area contributed by atoms with Crippen LogP contribution in [0.25, 0.3) is 0 Å². The van der Waals surface area contributed by atoms with E-state index in [2.05, 4.69) is 20.4 Å². The van der Waals surface area contributed by atoms with Crippen LogP contribution in [-0.2, 0) is 0 Å². The van der Waals surface area contributed by atoms with Crippen molar-refractivity contribution in [3.8, 4) is 0 Å². The zero-order valence-electron chi connectivity index (χ0n) is 12.8. The molecule has 4 rings (SSSR count). The first kappa shape index (κ1) is 14.1.